The Bertz CT molecular complexity index is 519. The van der Waals surface area contributed by atoms with Gasteiger partial charge in [-0.2, -0.15) is 0 Å². The summed E-state index contributed by atoms with van der Waals surface area (Å²) >= 11 is 0. The molecule has 1 aromatic carbocycles. The van der Waals surface area contributed by atoms with Gasteiger partial charge >= 0.3 is 0 Å². The third kappa shape index (κ3) is 2.26. The van der Waals surface area contributed by atoms with Crippen molar-refractivity contribution >= 4 is 5.69 Å². The molecule has 0 radical (unpaired) electrons. The van der Waals surface area contributed by atoms with Gasteiger partial charge in [-0.15, -0.1) is 0 Å². The molecule has 2 aliphatic carbocycles. The number of hydrogen-bond donors (Lipinski definition) is 2. The van der Waals surface area contributed by atoms with Gasteiger partial charge in [-0.1, -0.05) is 25.1 Å². The molecule has 3 aliphatic rings. The molecule has 3 fully saturated rings. The molecule has 5 unspecified atom stereocenters. The first-order valence-electron chi connectivity index (χ1n) is 8.78. The van der Waals surface area contributed by atoms with Crippen molar-refractivity contribution in [3.63, 3.8) is 0 Å². The Balaban J connectivity index is 1.54. The van der Waals surface area contributed by atoms with E-state index in [2.05, 4.69) is 42.6 Å². The minimum atomic E-state index is 0.269. The van der Waals surface area contributed by atoms with E-state index in [9.17, 15) is 5.11 Å². The zero-order chi connectivity index (χ0) is 15.2. The average Bonchev–Trinajstić information content (AvgIpc) is 3.21. The first-order valence-corrected chi connectivity index (χ1v) is 8.78. The fraction of sp³-hybridized carbons (Fsp3) is 0.684. The summed E-state index contributed by atoms with van der Waals surface area (Å²) in [6.45, 7) is 3.53. The number of ether oxygens (including phenoxy) is 1. The molecule has 0 aromatic heterocycles. The van der Waals surface area contributed by atoms with Crippen molar-refractivity contribution in [3.05, 3.63) is 30.3 Å². The normalized spacial score (nSPS) is 43.6. The molecule has 3 nitrogen and oxygen atoms in total. The minimum absolute atomic E-state index is 0.269. The van der Waals surface area contributed by atoms with E-state index in [0.29, 0.717) is 29.2 Å². The van der Waals surface area contributed by atoms with Crippen LogP contribution in [0.4, 0.5) is 5.69 Å². The Morgan fingerprint density at radius 3 is 2.86 bits per heavy atom. The number of rotatable bonds is 3. The highest BCUT2D eigenvalue weighted by molar-refractivity contribution is 5.46. The van der Waals surface area contributed by atoms with E-state index in [1.54, 1.807) is 0 Å². The molecular formula is C19H27NO2. The topological polar surface area (TPSA) is 41.5 Å². The van der Waals surface area contributed by atoms with Crippen LogP contribution in [0.1, 0.15) is 32.6 Å². The summed E-state index contributed by atoms with van der Waals surface area (Å²) in [4.78, 5) is 0. The largest absolute Gasteiger partial charge is 0.396 e. The standard InChI is InChI=1S/C19H27NO2/c1-13-8-10-22-18-14(12-21)7-9-19(17(13)18)11-16(19)20-15-5-3-2-4-6-15/h2-6,13-14,16-18,20-21H,7-12H2,1H3/t13?,14?,16?,17?,18?,19-/m1/s1. The summed E-state index contributed by atoms with van der Waals surface area (Å²) in [5, 5.41) is 13.5. The molecule has 0 amide bonds. The fourth-order valence-electron chi connectivity index (χ4n) is 5.20. The van der Waals surface area contributed by atoms with Gasteiger partial charge in [-0.25, -0.2) is 0 Å². The molecular weight excluding hydrogens is 274 g/mol. The van der Waals surface area contributed by atoms with Gasteiger partial charge in [-0.3, -0.25) is 0 Å². The van der Waals surface area contributed by atoms with Crippen LogP contribution in [0.25, 0.3) is 0 Å². The lowest BCUT2D eigenvalue weighted by atomic mass is 9.63. The Labute approximate surface area is 133 Å². The molecule has 0 bridgehead atoms. The lowest BCUT2D eigenvalue weighted by Crippen LogP contribution is -2.50. The molecule has 1 heterocycles. The SMILES string of the molecule is CC1CCOC2C(CO)CC[C@]3(CC3Nc3ccccc3)C12. The third-order valence-corrected chi connectivity index (χ3v) is 6.43. The maximum absolute atomic E-state index is 9.71. The van der Waals surface area contributed by atoms with Gasteiger partial charge in [-0.05, 0) is 55.1 Å². The average molecular weight is 301 g/mol. The number of hydrogen-bond acceptors (Lipinski definition) is 3. The maximum Gasteiger partial charge on any atom is 0.0661 e. The van der Waals surface area contributed by atoms with Crippen LogP contribution in [0.5, 0.6) is 0 Å². The van der Waals surface area contributed by atoms with Crippen LogP contribution >= 0.6 is 0 Å². The molecule has 2 saturated carbocycles. The Hall–Kier alpha value is -1.06. The van der Waals surface area contributed by atoms with Gasteiger partial charge in [0.25, 0.3) is 0 Å². The molecule has 22 heavy (non-hydrogen) atoms. The zero-order valence-electron chi connectivity index (χ0n) is 13.4. The zero-order valence-corrected chi connectivity index (χ0v) is 13.4. The van der Waals surface area contributed by atoms with Crippen LogP contribution < -0.4 is 5.32 Å². The van der Waals surface area contributed by atoms with Crippen molar-refractivity contribution < 1.29 is 9.84 Å². The number of para-hydroxylation sites is 1. The Kier molecular flexibility index (Phi) is 3.66. The second-order valence-electron chi connectivity index (χ2n) is 7.61. The predicted octanol–water partition coefficient (Wildman–Crippen LogP) is 3.30. The van der Waals surface area contributed by atoms with Gasteiger partial charge in [0.05, 0.1) is 6.10 Å². The van der Waals surface area contributed by atoms with Gasteiger partial charge in [0.2, 0.25) is 0 Å². The van der Waals surface area contributed by atoms with Crippen molar-refractivity contribution in [2.45, 2.75) is 44.8 Å². The molecule has 4 rings (SSSR count). The van der Waals surface area contributed by atoms with E-state index in [0.717, 1.165) is 13.0 Å². The molecule has 3 heteroatoms. The third-order valence-electron chi connectivity index (χ3n) is 6.43. The summed E-state index contributed by atoms with van der Waals surface area (Å²) in [5.41, 5.74) is 1.63. The number of nitrogens with one attached hydrogen (secondary N) is 1. The number of benzene rings is 1. The van der Waals surface area contributed by atoms with Crippen molar-refractivity contribution in [2.24, 2.45) is 23.2 Å². The van der Waals surface area contributed by atoms with Crippen LogP contribution in [-0.4, -0.2) is 30.5 Å². The number of aliphatic hydroxyl groups excluding tert-OH is 1. The molecule has 6 atom stereocenters. The van der Waals surface area contributed by atoms with Gasteiger partial charge < -0.3 is 15.2 Å². The van der Waals surface area contributed by atoms with Crippen molar-refractivity contribution in [1.29, 1.82) is 0 Å². The Morgan fingerprint density at radius 2 is 2.09 bits per heavy atom. The van der Waals surface area contributed by atoms with Crippen molar-refractivity contribution in [2.75, 3.05) is 18.5 Å². The summed E-state index contributed by atoms with van der Waals surface area (Å²) in [7, 11) is 0. The van der Waals surface area contributed by atoms with E-state index < -0.39 is 0 Å². The predicted molar refractivity (Wildman–Crippen MR) is 87.7 cm³/mol. The number of aliphatic hydroxyl groups is 1. The quantitative estimate of drug-likeness (QED) is 0.900. The number of fused-ring (bicyclic) bond motifs is 2. The lowest BCUT2D eigenvalue weighted by Gasteiger charge is -2.49. The highest BCUT2D eigenvalue weighted by Crippen LogP contribution is 2.64. The van der Waals surface area contributed by atoms with E-state index in [1.165, 1.54) is 24.9 Å². The summed E-state index contributed by atoms with van der Waals surface area (Å²) in [6, 6.07) is 11.1. The molecule has 1 aliphatic heterocycles. The number of anilines is 1. The monoisotopic (exact) mass is 301 g/mol. The lowest BCUT2D eigenvalue weighted by molar-refractivity contribution is -0.140. The van der Waals surface area contributed by atoms with Crippen LogP contribution in [-0.2, 0) is 4.74 Å². The molecule has 1 saturated heterocycles. The fourth-order valence-corrected chi connectivity index (χ4v) is 5.20. The minimum Gasteiger partial charge on any atom is -0.396 e. The maximum atomic E-state index is 9.71. The van der Waals surface area contributed by atoms with Crippen LogP contribution in [0.15, 0.2) is 30.3 Å². The molecule has 1 spiro atoms. The highest BCUT2D eigenvalue weighted by atomic mass is 16.5. The van der Waals surface area contributed by atoms with Crippen LogP contribution in [0.3, 0.4) is 0 Å². The summed E-state index contributed by atoms with van der Waals surface area (Å²) in [5.74, 6) is 1.65. The van der Waals surface area contributed by atoms with Gasteiger partial charge in [0.15, 0.2) is 0 Å². The Morgan fingerprint density at radius 1 is 1.27 bits per heavy atom. The van der Waals surface area contributed by atoms with E-state index in [-0.39, 0.29) is 12.7 Å². The van der Waals surface area contributed by atoms with E-state index >= 15 is 0 Å². The smallest absolute Gasteiger partial charge is 0.0661 e. The van der Waals surface area contributed by atoms with Crippen molar-refractivity contribution in [1.82, 2.24) is 0 Å². The summed E-state index contributed by atoms with van der Waals surface area (Å²) in [6.07, 6.45) is 5.04. The van der Waals surface area contributed by atoms with Gasteiger partial charge in [0.1, 0.15) is 0 Å². The van der Waals surface area contributed by atoms with E-state index in [4.69, 9.17) is 4.74 Å². The van der Waals surface area contributed by atoms with Gasteiger partial charge in [0, 0.05) is 30.9 Å². The molecule has 120 valence electrons. The van der Waals surface area contributed by atoms with Crippen molar-refractivity contribution in [3.8, 4) is 0 Å². The molecule has 1 aromatic rings. The van der Waals surface area contributed by atoms with Crippen LogP contribution in [0, 0.1) is 23.2 Å². The first kappa shape index (κ1) is 14.5. The molecule has 2 N–H and O–H groups in total. The highest BCUT2D eigenvalue weighted by Gasteiger charge is 2.65. The second-order valence-corrected chi connectivity index (χ2v) is 7.61. The summed E-state index contributed by atoms with van der Waals surface area (Å²) < 4.78 is 6.14. The second kappa shape index (κ2) is 5.54. The first-order chi connectivity index (χ1) is 10.7. The van der Waals surface area contributed by atoms with Crippen LogP contribution in [0.2, 0.25) is 0 Å². The van der Waals surface area contributed by atoms with E-state index in [1.807, 2.05) is 0 Å².